The number of rotatable bonds is 4. The second kappa shape index (κ2) is 7.09. The average molecular weight is 361 g/mol. The first-order valence-corrected chi connectivity index (χ1v) is 11.3. The quantitative estimate of drug-likeness (QED) is 0.837. The number of ether oxygens (including phenoxy) is 1. The van der Waals surface area contributed by atoms with Crippen molar-refractivity contribution in [3.63, 3.8) is 0 Å². The number of carbonyl (C=O) groups is 1. The smallest absolute Gasteiger partial charge is 0.226 e. The van der Waals surface area contributed by atoms with Crippen molar-refractivity contribution in [2.75, 3.05) is 32.8 Å². The van der Waals surface area contributed by atoms with Gasteiger partial charge in [-0.15, -0.1) is 0 Å². The molecule has 0 radical (unpaired) electrons. The molecule has 4 bridgehead atoms. The molecule has 2 heterocycles. The van der Waals surface area contributed by atoms with Gasteiger partial charge in [-0.1, -0.05) is 0 Å². The van der Waals surface area contributed by atoms with Crippen LogP contribution in [0.2, 0.25) is 0 Å². The highest BCUT2D eigenvalue weighted by molar-refractivity contribution is 5.83. The van der Waals surface area contributed by atoms with Crippen molar-refractivity contribution in [1.29, 1.82) is 0 Å². The van der Waals surface area contributed by atoms with E-state index in [9.17, 15) is 4.79 Å². The summed E-state index contributed by atoms with van der Waals surface area (Å²) >= 11 is 0. The lowest BCUT2D eigenvalue weighted by atomic mass is 9.49. The molecule has 6 fully saturated rings. The van der Waals surface area contributed by atoms with Crippen LogP contribution in [0, 0.1) is 29.1 Å². The van der Waals surface area contributed by atoms with E-state index in [0.29, 0.717) is 11.8 Å². The Bertz CT molecular complexity index is 485. The van der Waals surface area contributed by atoms with Crippen molar-refractivity contribution < 1.29 is 9.53 Å². The van der Waals surface area contributed by atoms with Crippen molar-refractivity contribution in [2.45, 2.75) is 70.3 Å². The number of nitrogens with zero attached hydrogens (tertiary/aromatic N) is 1. The molecule has 4 heteroatoms. The number of amides is 1. The Morgan fingerprint density at radius 3 is 2.08 bits per heavy atom. The summed E-state index contributed by atoms with van der Waals surface area (Å²) in [6.07, 6.45) is 12.7. The number of carbonyl (C=O) groups excluding carboxylic acids is 1. The molecular formula is C22H36N2O2. The van der Waals surface area contributed by atoms with E-state index in [0.717, 1.165) is 43.6 Å². The van der Waals surface area contributed by atoms with Crippen LogP contribution in [0.15, 0.2) is 0 Å². The van der Waals surface area contributed by atoms with Crippen LogP contribution < -0.4 is 5.32 Å². The molecule has 6 rings (SSSR count). The Kier molecular flexibility index (Phi) is 4.77. The molecule has 0 unspecified atom stereocenters. The summed E-state index contributed by atoms with van der Waals surface area (Å²) in [5.74, 6) is 3.67. The first-order valence-electron chi connectivity index (χ1n) is 11.3. The maximum Gasteiger partial charge on any atom is 0.226 e. The highest BCUT2D eigenvalue weighted by Crippen LogP contribution is 2.60. The molecule has 1 amide bonds. The molecule has 4 nitrogen and oxygen atoms in total. The lowest BCUT2D eigenvalue weighted by Crippen LogP contribution is -2.54. The number of hydrogen-bond donors (Lipinski definition) is 1. The zero-order chi connectivity index (χ0) is 17.6. The molecular weight excluding hydrogens is 324 g/mol. The first-order chi connectivity index (χ1) is 12.7. The van der Waals surface area contributed by atoms with Gasteiger partial charge in [-0.05, 0) is 101 Å². The molecule has 4 aliphatic carbocycles. The average Bonchev–Trinajstić information content (AvgIpc) is 2.66. The molecule has 0 aromatic carbocycles. The predicted octanol–water partition coefficient (Wildman–Crippen LogP) is 3.21. The Labute approximate surface area is 158 Å². The van der Waals surface area contributed by atoms with Crippen molar-refractivity contribution in [3.05, 3.63) is 0 Å². The molecule has 2 saturated heterocycles. The van der Waals surface area contributed by atoms with Crippen LogP contribution in [0.25, 0.3) is 0 Å². The Morgan fingerprint density at radius 1 is 0.923 bits per heavy atom. The largest absolute Gasteiger partial charge is 0.381 e. The maximum atomic E-state index is 13.1. The van der Waals surface area contributed by atoms with E-state index in [1.54, 1.807) is 0 Å². The van der Waals surface area contributed by atoms with Gasteiger partial charge in [0, 0.05) is 31.2 Å². The Morgan fingerprint density at radius 2 is 1.50 bits per heavy atom. The fraction of sp³-hybridized carbons (Fsp3) is 0.955. The van der Waals surface area contributed by atoms with Crippen LogP contribution in [0.1, 0.15) is 64.2 Å². The molecule has 0 atom stereocenters. The van der Waals surface area contributed by atoms with Gasteiger partial charge in [0.25, 0.3) is 0 Å². The monoisotopic (exact) mass is 360 g/mol. The molecule has 0 spiro atoms. The number of hydrogen-bond acceptors (Lipinski definition) is 3. The Balaban J connectivity index is 1.10. The zero-order valence-electron chi connectivity index (χ0n) is 16.3. The normalized spacial score (nSPS) is 41.5. The van der Waals surface area contributed by atoms with Crippen LogP contribution in [-0.4, -0.2) is 49.7 Å². The topological polar surface area (TPSA) is 41.6 Å². The fourth-order valence-electron chi connectivity index (χ4n) is 7.39. The van der Waals surface area contributed by atoms with Crippen LogP contribution in [0.4, 0.5) is 0 Å². The van der Waals surface area contributed by atoms with Crippen LogP contribution >= 0.6 is 0 Å². The second-order valence-electron chi connectivity index (χ2n) is 10.2. The third-order valence-electron chi connectivity index (χ3n) is 8.43. The SMILES string of the molecule is O=C(NCC1CCN(C2CCOCC2)CC1)C12CC3CC(CC(C3)C1)C2. The molecule has 26 heavy (non-hydrogen) atoms. The van der Waals surface area contributed by atoms with Gasteiger partial charge in [-0.25, -0.2) is 0 Å². The number of likely N-dealkylation sites (tertiary alicyclic amines) is 1. The van der Waals surface area contributed by atoms with Crippen molar-refractivity contribution in [3.8, 4) is 0 Å². The molecule has 6 aliphatic rings. The lowest BCUT2D eigenvalue weighted by molar-refractivity contribution is -0.146. The highest BCUT2D eigenvalue weighted by Gasteiger charge is 2.54. The van der Waals surface area contributed by atoms with E-state index in [1.165, 1.54) is 77.3 Å². The van der Waals surface area contributed by atoms with Gasteiger partial charge in [0.1, 0.15) is 0 Å². The summed E-state index contributed by atoms with van der Waals surface area (Å²) in [5, 5.41) is 3.43. The second-order valence-corrected chi connectivity index (χ2v) is 10.2. The highest BCUT2D eigenvalue weighted by atomic mass is 16.5. The summed E-state index contributed by atoms with van der Waals surface area (Å²) < 4.78 is 5.50. The van der Waals surface area contributed by atoms with Gasteiger partial charge in [-0.3, -0.25) is 4.79 Å². The molecule has 1 N–H and O–H groups in total. The summed E-state index contributed by atoms with van der Waals surface area (Å²) in [7, 11) is 0. The van der Waals surface area contributed by atoms with E-state index in [2.05, 4.69) is 10.2 Å². The van der Waals surface area contributed by atoms with E-state index < -0.39 is 0 Å². The number of nitrogens with one attached hydrogen (secondary N) is 1. The predicted molar refractivity (Wildman–Crippen MR) is 102 cm³/mol. The van der Waals surface area contributed by atoms with E-state index >= 15 is 0 Å². The minimum atomic E-state index is 0.0253. The number of piperidine rings is 1. The van der Waals surface area contributed by atoms with Crippen LogP contribution in [0.5, 0.6) is 0 Å². The lowest BCUT2D eigenvalue weighted by Gasteiger charge is -2.55. The van der Waals surface area contributed by atoms with Gasteiger partial charge in [0.2, 0.25) is 5.91 Å². The molecule has 0 aromatic rings. The van der Waals surface area contributed by atoms with E-state index in [-0.39, 0.29) is 5.41 Å². The summed E-state index contributed by atoms with van der Waals surface area (Å²) in [4.78, 5) is 15.8. The van der Waals surface area contributed by atoms with Gasteiger partial charge >= 0.3 is 0 Å². The van der Waals surface area contributed by atoms with Crippen molar-refractivity contribution >= 4 is 5.91 Å². The first kappa shape index (κ1) is 17.5. The molecule has 0 aromatic heterocycles. The van der Waals surface area contributed by atoms with Crippen molar-refractivity contribution in [2.24, 2.45) is 29.1 Å². The minimum absolute atomic E-state index is 0.0253. The maximum absolute atomic E-state index is 13.1. The Hall–Kier alpha value is -0.610. The van der Waals surface area contributed by atoms with Gasteiger partial charge in [-0.2, -0.15) is 0 Å². The molecule has 146 valence electrons. The summed E-state index contributed by atoms with van der Waals surface area (Å²) in [6, 6.07) is 0.742. The van der Waals surface area contributed by atoms with Gasteiger partial charge in [0.15, 0.2) is 0 Å². The van der Waals surface area contributed by atoms with Gasteiger partial charge < -0.3 is 15.0 Å². The summed E-state index contributed by atoms with van der Waals surface area (Å²) in [6.45, 7) is 5.21. The van der Waals surface area contributed by atoms with Gasteiger partial charge in [0.05, 0.1) is 0 Å². The van der Waals surface area contributed by atoms with Crippen molar-refractivity contribution in [1.82, 2.24) is 10.2 Å². The molecule has 2 aliphatic heterocycles. The third kappa shape index (κ3) is 3.32. The standard InChI is InChI=1S/C22H36N2O2/c25-21(22-12-17-9-18(13-22)11-19(10-17)14-22)23-15-16-1-5-24(6-2-16)20-3-7-26-8-4-20/h16-20H,1-15H2,(H,23,25). The molecule has 4 saturated carbocycles. The van der Waals surface area contributed by atoms with E-state index in [1.807, 2.05) is 0 Å². The third-order valence-corrected chi connectivity index (χ3v) is 8.43. The van der Waals surface area contributed by atoms with Crippen LogP contribution in [-0.2, 0) is 9.53 Å². The zero-order valence-corrected chi connectivity index (χ0v) is 16.3. The van der Waals surface area contributed by atoms with E-state index in [4.69, 9.17) is 4.74 Å². The summed E-state index contributed by atoms with van der Waals surface area (Å²) in [5.41, 5.74) is 0.0253. The minimum Gasteiger partial charge on any atom is -0.381 e. The fourth-order valence-corrected chi connectivity index (χ4v) is 7.39. The van der Waals surface area contributed by atoms with Crippen LogP contribution in [0.3, 0.4) is 0 Å².